The van der Waals surface area contributed by atoms with E-state index in [1.807, 2.05) is 0 Å². The summed E-state index contributed by atoms with van der Waals surface area (Å²) in [6.45, 7) is 8.62. The first-order valence-electron chi connectivity index (χ1n) is 11.9. The molecular formula is C25H44N2O2. The van der Waals surface area contributed by atoms with E-state index in [0.717, 1.165) is 57.3 Å². The molecular weight excluding hydrogens is 360 g/mol. The molecule has 29 heavy (non-hydrogen) atoms. The largest absolute Gasteiger partial charge is 0.493 e. The summed E-state index contributed by atoms with van der Waals surface area (Å²) in [6, 6.07) is 6.42. The Hall–Kier alpha value is -1.26. The van der Waals surface area contributed by atoms with Crippen molar-refractivity contribution in [3.05, 3.63) is 23.8 Å². The predicted octanol–water partition coefficient (Wildman–Crippen LogP) is 5.74. The van der Waals surface area contributed by atoms with Crippen LogP contribution in [0.1, 0.15) is 76.7 Å². The molecule has 1 aliphatic rings. The molecule has 0 unspecified atom stereocenters. The minimum Gasteiger partial charge on any atom is -0.493 e. The van der Waals surface area contributed by atoms with Crippen LogP contribution in [-0.2, 0) is 6.54 Å². The van der Waals surface area contributed by atoms with Crippen molar-refractivity contribution in [1.82, 2.24) is 9.80 Å². The molecule has 1 aromatic rings. The second kappa shape index (κ2) is 14.7. The van der Waals surface area contributed by atoms with E-state index < -0.39 is 0 Å². The van der Waals surface area contributed by atoms with Crippen molar-refractivity contribution < 1.29 is 9.47 Å². The van der Waals surface area contributed by atoms with Crippen LogP contribution in [0.3, 0.4) is 0 Å². The lowest BCUT2D eigenvalue weighted by molar-refractivity contribution is 0.148. The monoisotopic (exact) mass is 404 g/mol. The summed E-state index contributed by atoms with van der Waals surface area (Å²) in [5.41, 5.74) is 1.30. The van der Waals surface area contributed by atoms with E-state index >= 15 is 0 Å². The summed E-state index contributed by atoms with van der Waals surface area (Å²) in [7, 11) is 3.93. The first-order valence-corrected chi connectivity index (χ1v) is 11.9. The number of methoxy groups -OCH3 is 1. The molecule has 1 aromatic carbocycles. The maximum atomic E-state index is 6.01. The normalized spacial score (nSPS) is 15.6. The highest BCUT2D eigenvalue weighted by atomic mass is 16.5. The van der Waals surface area contributed by atoms with Gasteiger partial charge in [-0.15, -0.1) is 0 Å². The van der Waals surface area contributed by atoms with E-state index in [1.54, 1.807) is 7.11 Å². The first-order chi connectivity index (χ1) is 14.2. The topological polar surface area (TPSA) is 24.9 Å². The smallest absolute Gasteiger partial charge is 0.161 e. The summed E-state index contributed by atoms with van der Waals surface area (Å²) < 4.78 is 11.6. The minimum atomic E-state index is 0.782. The Kier molecular flexibility index (Phi) is 12.2. The van der Waals surface area contributed by atoms with Crippen molar-refractivity contribution in [2.24, 2.45) is 0 Å². The van der Waals surface area contributed by atoms with E-state index in [-0.39, 0.29) is 0 Å². The number of piperazine rings is 1. The van der Waals surface area contributed by atoms with Crippen LogP contribution in [0.15, 0.2) is 18.2 Å². The van der Waals surface area contributed by atoms with Gasteiger partial charge in [0, 0.05) is 32.7 Å². The number of ether oxygens (including phenoxy) is 2. The van der Waals surface area contributed by atoms with Crippen molar-refractivity contribution in [2.45, 2.75) is 77.7 Å². The van der Waals surface area contributed by atoms with Gasteiger partial charge in [0.15, 0.2) is 11.5 Å². The van der Waals surface area contributed by atoms with Gasteiger partial charge in [-0.25, -0.2) is 0 Å². The van der Waals surface area contributed by atoms with Crippen molar-refractivity contribution in [3.8, 4) is 11.5 Å². The molecule has 0 N–H and O–H groups in total. The summed E-state index contributed by atoms with van der Waals surface area (Å²) in [6.07, 6.45) is 13.5. The van der Waals surface area contributed by atoms with Crippen LogP contribution < -0.4 is 9.47 Å². The third kappa shape index (κ3) is 9.86. The molecule has 0 radical (unpaired) electrons. The van der Waals surface area contributed by atoms with Gasteiger partial charge in [-0.05, 0) is 31.2 Å². The van der Waals surface area contributed by atoms with E-state index in [0.29, 0.717) is 0 Å². The molecule has 0 aromatic heterocycles. The van der Waals surface area contributed by atoms with Crippen LogP contribution in [0, 0.1) is 0 Å². The maximum Gasteiger partial charge on any atom is 0.161 e. The molecule has 0 saturated carbocycles. The number of unbranched alkanes of at least 4 members (excludes halogenated alkanes) is 9. The molecule has 0 amide bonds. The minimum absolute atomic E-state index is 0.782. The Morgan fingerprint density at radius 3 is 2.03 bits per heavy atom. The zero-order valence-electron chi connectivity index (χ0n) is 19.3. The average Bonchev–Trinajstić information content (AvgIpc) is 2.74. The quantitative estimate of drug-likeness (QED) is 0.348. The molecule has 2 rings (SSSR count). The zero-order valence-corrected chi connectivity index (χ0v) is 19.3. The third-order valence-corrected chi connectivity index (χ3v) is 5.99. The van der Waals surface area contributed by atoms with Crippen molar-refractivity contribution in [2.75, 3.05) is 46.9 Å². The summed E-state index contributed by atoms with van der Waals surface area (Å²) in [5.74, 6) is 1.74. The van der Waals surface area contributed by atoms with E-state index in [9.17, 15) is 0 Å². The standard InChI is InChI=1S/C25H44N2O2/c1-4-5-6-7-8-9-10-11-12-13-20-29-24-15-14-23(21-25(24)28-3)22-27-18-16-26(2)17-19-27/h14-15,21H,4-13,16-20,22H2,1-3H3. The SMILES string of the molecule is CCCCCCCCCCCCOc1ccc(CN2CCN(C)CC2)cc1OC. The molecule has 4 heteroatoms. The summed E-state index contributed by atoms with van der Waals surface area (Å²) in [4.78, 5) is 4.90. The number of benzene rings is 1. The number of hydrogen-bond donors (Lipinski definition) is 0. The average molecular weight is 405 g/mol. The zero-order chi connectivity index (χ0) is 20.7. The molecule has 1 saturated heterocycles. The van der Waals surface area contributed by atoms with Gasteiger partial charge in [0.25, 0.3) is 0 Å². The Morgan fingerprint density at radius 2 is 1.41 bits per heavy atom. The molecule has 4 nitrogen and oxygen atoms in total. The Labute approximate surface area is 179 Å². The van der Waals surface area contributed by atoms with Crippen molar-refractivity contribution in [3.63, 3.8) is 0 Å². The molecule has 166 valence electrons. The molecule has 1 aliphatic heterocycles. The second-order valence-electron chi connectivity index (χ2n) is 8.60. The van der Waals surface area contributed by atoms with Crippen LogP contribution in [0.25, 0.3) is 0 Å². The Balaban J connectivity index is 1.60. The number of hydrogen-bond acceptors (Lipinski definition) is 4. The Morgan fingerprint density at radius 1 is 0.793 bits per heavy atom. The van der Waals surface area contributed by atoms with Crippen LogP contribution in [0.4, 0.5) is 0 Å². The van der Waals surface area contributed by atoms with Gasteiger partial charge in [0.1, 0.15) is 0 Å². The number of nitrogens with zero attached hydrogens (tertiary/aromatic N) is 2. The highest BCUT2D eigenvalue weighted by Crippen LogP contribution is 2.29. The maximum absolute atomic E-state index is 6.01. The highest BCUT2D eigenvalue weighted by molar-refractivity contribution is 5.43. The van der Waals surface area contributed by atoms with Gasteiger partial charge in [0.2, 0.25) is 0 Å². The lowest BCUT2D eigenvalue weighted by Gasteiger charge is -2.32. The molecule has 0 bridgehead atoms. The van der Waals surface area contributed by atoms with Crippen LogP contribution in [-0.4, -0.2) is 56.7 Å². The molecule has 1 fully saturated rings. The number of likely N-dealkylation sites (N-methyl/N-ethyl adjacent to an activating group) is 1. The van der Waals surface area contributed by atoms with Crippen LogP contribution in [0.2, 0.25) is 0 Å². The fraction of sp³-hybridized carbons (Fsp3) is 0.760. The van der Waals surface area contributed by atoms with E-state index in [2.05, 4.69) is 42.0 Å². The van der Waals surface area contributed by atoms with Gasteiger partial charge in [-0.1, -0.05) is 70.8 Å². The Bertz CT molecular complexity index is 542. The van der Waals surface area contributed by atoms with Gasteiger partial charge >= 0.3 is 0 Å². The molecule has 0 aliphatic carbocycles. The molecule has 1 heterocycles. The van der Waals surface area contributed by atoms with Gasteiger partial charge in [-0.2, -0.15) is 0 Å². The first kappa shape index (κ1) is 24.0. The van der Waals surface area contributed by atoms with Gasteiger partial charge < -0.3 is 14.4 Å². The fourth-order valence-electron chi connectivity index (χ4n) is 3.97. The second-order valence-corrected chi connectivity index (χ2v) is 8.60. The van der Waals surface area contributed by atoms with Gasteiger partial charge in [0.05, 0.1) is 13.7 Å². The third-order valence-electron chi connectivity index (χ3n) is 5.99. The van der Waals surface area contributed by atoms with Crippen LogP contribution >= 0.6 is 0 Å². The predicted molar refractivity (Wildman–Crippen MR) is 123 cm³/mol. The van der Waals surface area contributed by atoms with E-state index in [4.69, 9.17) is 9.47 Å². The summed E-state index contributed by atoms with van der Waals surface area (Å²) in [5, 5.41) is 0. The van der Waals surface area contributed by atoms with Crippen molar-refractivity contribution >= 4 is 0 Å². The van der Waals surface area contributed by atoms with Crippen molar-refractivity contribution in [1.29, 1.82) is 0 Å². The van der Waals surface area contributed by atoms with Gasteiger partial charge in [-0.3, -0.25) is 4.90 Å². The molecule has 0 spiro atoms. The lowest BCUT2D eigenvalue weighted by Crippen LogP contribution is -2.43. The molecule has 0 atom stereocenters. The summed E-state index contributed by atoms with van der Waals surface area (Å²) >= 11 is 0. The fourth-order valence-corrected chi connectivity index (χ4v) is 3.97. The van der Waals surface area contributed by atoms with E-state index in [1.165, 1.54) is 63.4 Å². The highest BCUT2D eigenvalue weighted by Gasteiger charge is 2.15. The lowest BCUT2D eigenvalue weighted by atomic mass is 10.1. The number of rotatable bonds is 15. The van der Waals surface area contributed by atoms with Crippen LogP contribution in [0.5, 0.6) is 11.5 Å².